The Morgan fingerprint density at radius 2 is 1.44 bits per heavy atom. The summed E-state index contributed by atoms with van der Waals surface area (Å²) in [6.07, 6.45) is 1.52. The van der Waals surface area contributed by atoms with E-state index in [-0.39, 0.29) is 28.3 Å². The maximum Gasteiger partial charge on any atom is 0.218 e. The van der Waals surface area contributed by atoms with Crippen LogP contribution in [0.1, 0.15) is 44.6 Å². The second-order valence-electron chi connectivity index (χ2n) is 8.35. The van der Waals surface area contributed by atoms with Gasteiger partial charge in [0.25, 0.3) is 0 Å². The van der Waals surface area contributed by atoms with Crippen LogP contribution in [0.3, 0.4) is 0 Å². The van der Waals surface area contributed by atoms with E-state index in [1.165, 1.54) is 17.8 Å². The molecular weight excluding hydrogens is 450 g/mol. The fourth-order valence-corrected chi connectivity index (χ4v) is 4.06. The predicted molar refractivity (Wildman–Crippen MR) is 135 cm³/mol. The van der Waals surface area contributed by atoms with Gasteiger partial charge in [0.05, 0.1) is 22.6 Å². The van der Waals surface area contributed by atoms with Crippen LogP contribution in [0.15, 0.2) is 91.1 Å². The summed E-state index contributed by atoms with van der Waals surface area (Å²) in [5.74, 6) is -0.893. The Balaban J connectivity index is 1.71. The van der Waals surface area contributed by atoms with Crippen LogP contribution in [-0.4, -0.2) is 31.1 Å². The Morgan fingerprint density at radius 3 is 2.06 bits per heavy atom. The van der Waals surface area contributed by atoms with Gasteiger partial charge >= 0.3 is 0 Å². The molecular formula is C29H21N5O2. The molecule has 3 aromatic carbocycles. The van der Waals surface area contributed by atoms with E-state index >= 15 is 0 Å². The van der Waals surface area contributed by atoms with Gasteiger partial charge in [-0.25, -0.2) is 9.36 Å². The Kier molecular flexibility index (Phi) is 5.85. The zero-order valence-electron chi connectivity index (χ0n) is 19.7. The summed E-state index contributed by atoms with van der Waals surface area (Å²) < 4.78 is 3.10. The van der Waals surface area contributed by atoms with Crippen LogP contribution in [0.25, 0.3) is 22.6 Å². The highest BCUT2D eigenvalue weighted by atomic mass is 16.1. The second-order valence-corrected chi connectivity index (χ2v) is 8.35. The molecule has 0 N–H and O–H groups in total. The number of carbonyl (C=O) groups is 2. The normalized spacial score (nSPS) is 10.7. The number of nitrogens with zero attached hydrogens (tertiary/aromatic N) is 5. The van der Waals surface area contributed by atoms with Gasteiger partial charge in [-0.1, -0.05) is 66.2 Å². The molecule has 0 radical (unpaired) electrons. The second kappa shape index (κ2) is 9.28. The summed E-state index contributed by atoms with van der Waals surface area (Å²) >= 11 is 0. The summed E-state index contributed by atoms with van der Waals surface area (Å²) in [7, 11) is 0. The first kappa shape index (κ1) is 22.7. The van der Waals surface area contributed by atoms with E-state index < -0.39 is 5.78 Å². The number of hydrogen-bond donors (Lipinski definition) is 0. The molecule has 7 heteroatoms. The Hall–Kier alpha value is -5.09. The van der Waals surface area contributed by atoms with Gasteiger partial charge in [-0.15, -0.1) is 0 Å². The maximum absolute atomic E-state index is 13.8. The number of hydrogen-bond acceptors (Lipinski definition) is 5. The molecule has 2 heterocycles. The number of rotatable bonds is 6. The number of aryl methyl sites for hydroxylation is 1. The third-order valence-electron chi connectivity index (χ3n) is 5.85. The zero-order chi connectivity index (χ0) is 25.2. The number of carbonyl (C=O) groups excluding carboxylic acids is 2. The van der Waals surface area contributed by atoms with Crippen molar-refractivity contribution in [2.45, 2.75) is 13.8 Å². The van der Waals surface area contributed by atoms with E-state index in [1.807, 2.05) is 91.9 Å². The molecule has 0 aliphatic carbocycles. The summed E-state index contributed by atoms with van der Waals surface area (Å²) in [6.45, 7) is 3.33. The van der Waals surface area contributed by atoms with Crippen LogP contribution in [0.2, 0.25) is 0 Å². The number of nitriles is 1. The topological polar surface area (TPSA) is 93.6 Å². The Bertz CT molecular complexity index is 1620. The average Bonchev–Trinajstić information content (AvgIpc) is 3.53. The minimum Gasteiger partial charge on any atom is -0.293 e. The molecule has 0 aliphatic rings. The predicted octanol–water partition coefficient (Wildman–Crippen LogP) is 5.34. The van der Waals surface area contributed by atoms with E-state index in [9.17, 15) is 14.9 Å². The monoisotopic (exact) mass is 471 g/mol. The van der Waals surface area contributed by atoms with Crippen molar-refractivity contribution in [3.8, 4) is 28.7 Å². The van der Waals surface area contributed by atoms with Crippen molar-refractivity contribution in [2.75, 3.05) is 0 Å². The van der Waals surface area contributed by atoms with Gasteiger partial charge in [0.2, 0.25) is 5.78 Å². The van der Waals surface area contributed by atoms with Crippen molar-refractivity contribution in [3.63, 3.8) is 0 Å². The van der Waals surface area contributed by atoms with Crippen LogP contribution in [0.4, 0.5) is 0 Å². The van der Waals surface area contributed by atoms with E-state index in [2.05, 4.69) is 16.3 Å². The number of ketones is 2. The van der Waals surface area contributed by atoms with Crippen LogP contribution in [0, 0.1) is 18.3 Å². The maximum atomic E-state index is 13.8. The highest BCUT2D eigenvalue weighted by molar-refractivity contribution is 6.15. The van der Waals surface area contributed by atoms with Crippen molar-refractivity contribution in [1.29, 1.82) is 5.26 Å². The number of Topliss-reactive ketones (excluding diaryl/α,β-unsaturated/α-hetero) is 1. The molecule has 5 rings (SSSR count). The lowest BCUT2D eigenvalue weighted by atomic mass is 10.0. The van der Waals surface area contributed by atoms with Crippen LogP contribution in [-0.2, 0) is 0 Å². The van der Waals surface area contributed by atoms with E-state index in [1.54, 1.807) is 4.68 Å². The third-order valence-corrected chi connectivity index (χ3v) is 5.85. The first-order valence-corrected chi connectivity index (χ1v) is 11.3. The van der Waals surface area contributed by atoms with Crippen LogP contribution < -0.4 is 0 Å². The fourth-order valence-electron chi connectivity index (χ4n) is 4.06. The molecule has 36 heavy (non-hydrogen) atoms. The largest absolute Gasteiger partial charge is 0.293 e. The summed E-state index contributed by atoms with van der Waals surface area (Å²) in [4.78, 5) is 26.3. The van der Waals surface area contributed by atoms with Gasteiger partial charge in [0.1, 0.15) is 17.3 Å². The number of aromatic nitrogens is 4. The first-order valence-electron chi connectivity index (χ1n) is 11.3. The molecule has 0 fully saturated rings. The zero-order valence-corrected chi connectivity index (χ0v) is 19.7. The van der Waals surface area contributed by atoms with E-state index in [0.29, 0.717) is 17.1 Å². The minimum absolute atomic E-state index is 0.0278. The lowest BCUT2D eigenvalue weighted by Crippen LogP contribution is -2.09. The van der Waals surface area contributed by atoms with Gasteiger partial charge in [-0.05, 0) is 31.2 Å². The molecule has 0 aliphatic heterocycles. The van der Waals surface area contributed by atoms with E-state index in [4.69, 9.17) is 0 Å². The van der Waals surface area contributed by atoms with Crippen LogP contribution >= 0.6 is 0 Å². The Labute approximate surface area is 207 Å². The summed E-state index contributed by atoms with van der Waals surface area (Å²) in [6, 6.07) is 28.4. The molecule has 7 nitrogen and oxygen atoms in total. The molecule has 2 aromatic heterocycles. The molecule has 0 saturated carbocycles. The standard InChI is InChI=1S/C29H21N5O2/c1-19-13-15-22(16-14-19)33-18-25(26(31-33)20(2)35)29(36)27-24(17-30)28(21-9-5-3-6-10-21)34(32-27)23-11-7-4-8-12-23/h3-16,18H,1-2H3. The molecule has 0 atom stereocenters. The van der Waals surface area contributed by atoms with Gasteiger partial charge in [0.15, 0.2) is 11.5 Å². The summed E-state index contributed by atoms with van der Waals surface area (Å²) in [5.41, 5.74) is 3.95. The van der Waals surface area contributed by atoms with Gasteiger partial charge < -0.3 is 0 Å². The lowest BCUT2D eigenvalue weighted by Gasteiger charge is -2.07. The number of benzene rings is 3. The quantitative estimate of drug-likeness (QED) is 0.312. The van der Waals surface area contributed by atoms with E-state index in [0.717, 1.165) is 11.1 Å². The lowest BCUT2D eigenvalue weighted by molar-refractivity contribution is 0.0985. The van der Waals surface area contributed by atoms with Gasteiger partial charge in [-0.2, -0.15) is 15.5 Å². The molecule has 0 saturated heterocycles. The molecule has 0 amide bonds. The molecule has 5 aromatic rings. The van der Waals surface area contributed by atoms with Crippen molar-refractivity contribution in [1.82, 2.24) is 19.6 Å². The highest BCUT2D eigenvalue weighted by Crippen LogP contribution is 2.30. The Morgan fingerprint density at radius 1 is 0.806 bits per heavy atom. The van der Waals surface area contributed by atoms with Crippen LogP contribution in [0.5, 0.6) is 0 Å². The molecule has 0 unspecified atom stereocenters. The fraction of sp³-hybridized carbons (Fsp3) is 0.0690. The average molecular weight is 472 g/mol. The highest BCUT2D eigenvalue weighted by Gasteiger charge is 2.29. The molecule has 0 bridgehead atoms. The summed E-state index contributed by atoms with van der Waals surface area (Å²) in [5, 5.41) is 19.1. The minimum atomic E-state index is -0.540. The third kappa shape index (κ3) is 4.01. The smallest absolute Gasteiger partial charge is 0.218 e. The van der Waals surface area contributed by atoms with Crippen molar-refractivity contribution in [3.05, 3.63) is 119 Å². The number of para-hydroxylation sites is 1. The van der Waals surface area contributed by atoms with Gasteiger partial charge in [-0.3, -0.25) is 9.59 Å². The molecule has 174 valence electrons. The SMILES string of the molecule is CC(=O)c1nn(-c2ccc(C)cc2)cc1C(=O)c1nn(-c2ccccc2)c(-c2ccccc2)c1C#N. The van der Waals surface area contributed by atoms with Crippen molar-refractivity contribution >= 4 is 11.6 Å². The first-order chi connectivity index (χ1) is 17.5. The molecule has 0 spiro atoms. The van der Waals surface area contributed by atoms with Gasteiger partial charge in [0, 0.05) is 18.7 Å². The van der Waals surface area contributed by atoms with Crippen molar-refractivity contribution < 1.29 is 9.59 Å². The van der Waals surface area contributed by atoms with Crippen molar-refractivity contribution in [2.24, 2.45) is 0 Å².